The number of hydrogen-bond donors (Lipinski definition) is 0. The van der Waals surface area contributed by atoms with Gasteiger partial charge in [-0.05, 0) is 24.3 Å². The van der Waals surface area contributed by atoms with E-state index in [-0.39, 0.29) is 18.0 Å². The minimum Gasteiger partial charge on any atom is -0.453 e. The van der Waals surface area contributed by atoms with Gasteiger partial charge in [-0.3, -0.25) is 4.79 Å². The number of carbonyl (C=O) groups is 2. The number of fused-ring (bicyclic) bond motifs is 1. The summed E-state index contributed by atoms with van der Waals surface area (Å²) in [6.45, 7) is 0. The number of ketones is 1. The van der Waals surface area contributed by atoms with Crippen LogP contribution >= 0.6 is 15.9 Å². The van der Waals surface area contributed by atoms with Crippen LogP contribution in [0.5, 0.6) is 0 Å². The number of rotatable bonds is 3. The van der Waals surface area contributed by atoms with Gasteiger partial charge in [0, 0.05) is 9.86 Å². The van der Waals surface area contributed by atoms with E-state index in [2.05, 4.69) is 15.9 Å². The molecule has 0 aliphatic heterocycles. The number of carbonyl (C=O) groups excluding carboxylic acids is 2. The lowest BCUT2D eigenvalue weighted by Crippen LogP contribution is -1.96. The predicted molar refractivity (Wildman–Crippen MR) is 58.9 cm³/mol. The maximum atomic E-state index is 11.4. The molecule has 0 unspecified atom stereocenters. The summed E-state index contributed by atoms with van der Waals surface area (Å²) < 4.78 is 6.23. The molecular formula is C11H7BrO3. The zero-order chi connectivity index (χ0) is 10.8. The molecule has 0 saturated heterocycles. The third-order valence-corrected chi connectivity index (χ3v) is 2.52. The summed E-state index contributed by atoms with van der Waals surface area (Å²) in [6.07, 6.45) is 0.437. The zero-order valence-corrected chi connectivity index (χ0v) is 9.28. The van der Waals surface area contributed by atoms with Crippen LogP contribution in [0.4, 0.5) is 0 Å². The molecule has 0 bridgehead atoms. The summed E-state index contributed by atoms with van der Waals surface area (Å²) in [5.41, 5.74) is 0.646. The second kappa shape index (κ2) is 3.98. The first-order chi connectivity index (χ1) is 7.20. The molecule has 4 heteroatoms. The van der Waals surface area contributed by atoms with Crippen molar-refractivity contribution in [3.05, 3.63) is 34.5 Å². The minimum atomic E-state index is -0.294. The highest BCUT2D eigenvalue weighted by Gasteiger charge is 2.11. The highest BCUT2D eigenvalue weighted by atomic mass is 79.9. The third-order valence-electron chi connectivity index (χ3n) is 2.02. The standard InChI is InChI=1S/C11H7BrO3/c12-8-1-2-10-7(5-8)6-11(15-10)9(14)3-4-13/h1-2,4-6H,3H2. The van der Waals surface area contributed by atoms with E-state index in [0.717, 1.165) is 9.86 Å². The monoisotopic (exact) mass is 266 g/mol. The molecule has 0 saturated carbocycles. The molecule has 0 spiro atoms. The Bertz CT molecular complexity index is 528. The van der Waals surface area contributed by atoms with Crippen LogP contribution in [-0.4, -0.2) is 12.1 Å². The summed E-state index contributed by atoms with van der Waals surface area (Å²) in [7, 11) is 0. The Kier molecular flexibility index (Phi) is 2.68. The lowest BCUT2D eigenvalue weighted by Gasteiger charge is -1.88. The van der Waals surface area contributed by atoms with Crippen molar-refractivity contribution in [3.8, 4) is 0 Å². The molecule has 0 aliphatic rings. The molecule has 1 heterocycles. The second-order valence-electron chi connectivity index (χ2n) is 3.09. The summed E-state index contributed by atoms with van der Waals surface area (Å²) in [4.78, 5) is 21.6. The van der Waals surface area contributed by atoms with E-state index in [1.165, 1.54) is 0 Å². The van der Waals surface area contributed by atoms with E-state index in [1.807, 2.05) is 12.1 Å². The fourth-order valence-corrected chi connectivity index (χ4v) is 1.71. The van der Waals surface area contributed by atoms with Crippen molar-refractivity contribution in [2.24, 2.45) is 0 Å². The molecule has 1 aromatic carbocycles. The van der Waals surface area contributed by atoms with Crippen LogP contribution < -0.4 is 0 Å². The van der Waals surface area contributed by atoms with Gasteiger partial charge in [0.25, 0.3) is 0 Å². The molecule has 76 valence electrons. The molecule has 0 N–H and O–H groups in total. The Morgan fingerprint density at radius 2 is 2.20 bits per heavy atom. The van der Waals surface area contributed by atoms with Gasteiger partial charge in [-0.15, -0.1) is 0 Å². The Labute approximate surface area is 94.2 Å². The lowest BCUT2D eigenvalue weighted by molar-refractivity contribution is -0.107. The van der Waals surface area contributed by atoms with Crippen molar-refractivity contribution in [1.29, 1.82) is 0 Å². The maximum absolute atomic E-state index is 11.4. The number of benzene rings is 1. The van der Waals surface area contributed by atoms with E-state index in [4.69, 9.17) is 4.42 Å². The van der Waals surface area contributed by atoms with Crippen LogP contribution in [0.1, 0.15) is 17.0 Å². The van der Waals surface area contributed by atoms with Crippen molar-refractivity contribution >= 4 is 39.0 Å². The fraction of sp³-hybridized carbons (Fsp3) is 0.0909. The molecule has 1 aromatic heterocycles. The highest BCUT2D eigenvalue weighted by molar-refractivity contribution is 9.10. The number of halogens is 1. The molecule has 0 atom stereocenters. The summed E-state index contributed by atoms with van der Waals surface area (Å²) in [5.74, 6) is -0.0625. The topological polar surface area (TPSA) is 47.3 Å². The first-order valence-corrected chi connectivity index (χ1v) is 5.16. The van der Waals surface area contributed by atoms with Crippen molar-refractivity contribution in [3.63, 3.8) is 0 Å². The van der Waals surface area contributed by atoms with Gasteiger partial charge in [0.1, 0.15) is 11.9 Å². The SMILES string of the molecule is O=CCC(=O)c1cc2cc(Br)ccc2o1. The van der Waals surface area contributed by atoms with Crippen LogP contribution in [0.25, 0.3) is 11.0 Å². The summed E-state index contributed by atoms with van der Waals surface area (Å²) >= 11 is 3.33. The molecule has 0 radical (unpaired) electrons. The lowest BCUT2D eigenvalue weighted by atomic mass is 10.2. The number of hydrogen-bond acceptors (Lipinski definition) is 3. The molecule has 2 rings (SSSR count). The number of furan rings is 1. The fourth-order valence-electron chi connectivity index (χ4n) is 1.33. The van der Waals surface area contributed by atoms with E-state index in [0.29, 0.717) is 11.9 Å². The number of aldehydes is 1. The van der Waals surface area contributed by atoms with Gasteiger partial charge in [0.2, 0.25) is 5.78 Å². The van der Waals surface area contributed by atoms with Crippen molar-refractivity contribution in [2.45, 2.75) is 6.42 Å². The van der Waals surface area contributed by atoms with Crippen molar-refractivity contribution in [1.82, 2.24) is 0 Å². The van der Waals surface area contributed by atoms with Gasteiger partial charge in [-0.25, -0.2) is 0 Å². The van der Waals surface area contributed by atoms with E-state index < -0.39 is 0 Å². The van der Waals surface area contributed by atoms with Crippen LogP contribution in [0.2, 0.25) is 0 Å². The quantitative estimate of drug-likeness (QED) is 0.488. The third kappa shape index (κ3) is 1.99. The molecule has 0 aliphatic carbocycles. The average molecular weight is 267 g/mol. The number of Topliss-reactive ketones (excluding diaryl/α,β-unsaturated/α-hetero) is 1. The average Bonchev–Trinajstić information content (AvgIpc) is 2.60. The van der Waals surface area contributed by atoms with Gasteiger partial charge >= 0.3 is 0 Å². The molecule has 15 heavy (non-hydrogen) atoms. The van der Waals surface area contributed by atoms with Crippen LogP contribution in [0.3, 0.4) is 0 Å². The predicted octanol–water partition coefficient (Wildman–Crippen LogP) is 2.97. The van der Waals surface area contributed by atoms with Gasteiger partial charge < -0.3 is 9.21 Å². The van der Waals surface area contributed by atoms with Crippen LogP contribution in [-0.2, 0) is 4.79 Å². The highest BCUT2D eigenvalue weighted by Crippen LogP contribution is 2.23. The Morgan fingerprint density at radius 1 is 1.40 bits per heavy atom. The van der Waals surface area contributed by atoms with Crippen molar-refractivity contribution < 1.29 is 14.0 Å². The van der Waals surface area contributed by atoms with Crippen molar-refractivity contribution in [2.75, 3.05) is 0 Å². The maximum Gasteiger partial charge on any atom is 0.205 e. The molecular weight excluding hydrogens is 260 g/mol. The van der Waals surface area contributed by atoms with Gasteiger partial charge in [0.15, 0.2) is 5.76 Å². The first-order valence-electron chi connectivity index (χ1n) is 4.36. The normalized spacial score (nSPS) is 10.5. The molecule has 0 fully saturated rings. The zero-order valence-electron chi connectivity index (χ0n) is 7.70. The van der Waals surface area contributed by atoms with Gasteiger partial charge in [0.05, 0.1) is 6.42 Å². The van der Waals surface area contributed by atoms with Gasteiger partial charge in [-0.1, -0.05) is 15.9 Å². The van der Waals surface area contributed by atoms with Crippen LogP contribution in [0.15, 0.2) is 33.2 Å². The Morgan fingerprint density at radius 3 is 2.93 bits per heavy atom. The Balaban J connectivity index is 2.47. The smallest absolute Gasteiger partial charge is 0.205 e. The molecule has 0 amide bonds. The summed E-state index contributed by atoms with van der Waals surface area (Å²) in [5, 5.41) is 0.846. The van der Waals surface area contributed by atoms with Crippen LogP contribution in [0, 0.1) is 0 Å². The second-order valence-corrected chi connectivity index (χ2v) is 4.00. The van der Waals surface area contributed by atoms with Gasteiger partial charge in [-0.2, -0.15) is 0 Å². The van der Waals surface area contributed by atoms with E-state index >= 15 is 0 Å². The van der Waals surface area contributed by atoms with E-state index in [9.17, 15) is 9.59 Å². The largest absolute Gasteiger partial charge is 0.453 e. The van der Waals surface area contributed by atoms with E-state index in [1.54, 1.807) is 12.1 Å². The minimum absolute atomic E-state index is 0.138. The Hall–Kier alpha value is -1.42. The molecule has 3 nitrogen and oxygen atoms in total. The summed E-state index contributed by atoms with van der Waals surface area (Å²) in [6, 6.07) is 7.11. The molecule has 2 aromatic rings. The first kappa shape index (κ1) is 10.1.